The highest BCUT2D eigenvalue weighted by molar-refractivity contribution is 7.13. The van der Waals surface area contributed by atoms with Crippen molar-refractivity contribution in [2.24, 2.45) is 0 Å². The number of rotatable bonds is 6. The summed E-state index contributed by atoms with van der Waals surface area (Å²) in [6, 6.07) is 5.72. The number of benzene rings is 1. The smallest absolute Gasteiger partial charge is 0.220 e. The Kier molecular flexibility index (Phi) is 5.98. The van der Waals surface area contributed by atoms with Crippen molar-refractivity contribution in [3.8, 4) is 0 Å². The molecule has 1 aromatic carbocycles. The van der Waals surface area contributed by atoms with Gasteiger partial charge in [0.15, 0.2) is 5.13 Å². The Balaban J connectivity index is 1.49. The number of hydrogen-bond donors (Lipinski definition) is 1. The number of halogens is 2. The number of hydrogen-bond acceptors (Lipinski definition) is 4. The normalized spacial score (nSPS) is 17.2. The molecule has 1 aromatic heterocycles. The molecule has 1 N–H and O–H groups in total. The molecule has 128 valence electrons. The van der Waals surface area contributed by atoms with Crippen molar-refractivity contribution in [3.05, 3.63) is 45.4 Å². The summed E-state index contributed by atoms with van der Waals surface area (Å²) in [6.45, 7) is 1.65. The molecule has 0 spiro atoms. The van der Waals surface area contributed by atoms with Gasteiger partial charge in [-0.15, -0.1) is 11.3 Å². The van der Waals surface area contributed by atoms with Crippen molar-refractivity contribution in [3.63, 3.8) is 0 Å². The lowest BCUT2D eigenvalue weighted by atomic mass is 10.1. The van der Waals surface area contributed by atoms with Crippen LogP contribution in [-0.2, 0) is 11.2 Å². The molecular weight excluding hydrogens is 365 g/mol. The fourth-order valence-corrected chi connectivity index (χ4v) is 4.31. The first-order chi connectivity index (χ1) is 11.6. The van der Waals surface area contributed by atoms with Crippen LogP contribution in [0.4, 0.5) is 5.13 Å². The van der Waals surface area contributed by atoms with Crippen LogP contribution in [0.25, 0.3) is 0 Å². The highest BCUT2D eigenvalue weighted by Gasteiger charge is 2.26. The van der Waals surface area contributed by atoms with Crippen LogP contribution in [0.5, 0.6) is 0 Å². The molecule has 24 heavy (non-hydrogen) atoms. The third-order valence-corrected chi connectivity index (χ3v) is 5.76. The van der Waals surface area contributed by atoms with Crippen LogP contribution in [-0.4, -0.2) is 30.0 Å². The number of nitrogens with one attached hydrogen (secondary N) is 1. The molecule has 1 atom stereocenters. The van der Waals surface area contributed by atoms with Gasteiger partial charge < -0.3 is 10.2 Å². The van der Waals surface area contributed by atoms with E-state index in [1.54, 1.807) is 23.5 Å². The van der Waals surface area contributed by atoms with Gasteiger partial charge >= 0.3 is 0 Å². The highest BCUT2D eigenvalue weighted by Crippen LogP contribution is 2.27. The van der Waals surface area contributed by atoms with E-state index < -0.39 is 0 Å². The van der Waals surface area contributed by atoms with Crippen LogP contribution >= 0.6 is 34.5 Å². The lowest BCUT2D eigenvalue weighted by Gasteiger charge is -2.24. The maximum atomic E-state index is 12.2. The Bertz CT molecular complexity index is 673. The lowest BCUT2D eigenvalue weighted by Crippen LogP contribution is -2.40. The molecule has 2 aromatic rings. The molecule has 3 rings (SSSR count). The number of anilines is 1. The van der Waals surface area contributed by atoms with Gasteiger partial charge in [-0.2, -0.15) is 0 Å². The van der Waals surface area contributed by atoms with Gasteiger partial charge in [-0.1, -0.05) is 29.3 Å². The predicted octanol–water partition coefficient (Wildman–Crippen LogP) is 4.17. The van der Waals surface area contributed by atoms with Crippen LogP contribution in [0.15, 0.2) is 29.8 Å². The third kappa shape index (κ3) is 4.21. The Labute approximate surface area is 155 Å². The summed E-state index contributed by atoms with van der Waals surface area (Å²) in [5.41, 5.74) is 0.835. The number of nitrogens with zero attached hydrogens (tertiary/aromatic N) is 2. The number of amides is 1. The highest BCUT2D eigenvalue weighted by atomic mass is 35.5. The van der Waals surface area contributed by atoms with Crippen molar-refractivity contribution in [1.29, 1.82) is 0 Å². The average Bonchev–Trinajstić information content (AvgIpc) is 3.23. The van der Waals surface area contributed by atoms with Crippen LogP contribution in [0, 0.1) is 0 Å². The van der Waals surface area contributed by atoms with E-state index in [1.807, 2.05) is 17.6 Å². The Morgan fingerprint density at radius 1 is 1.38 bits per heavy atom. The zero-order valence-electron chi connectivity index (χ0n) is 13.2. The van der Waals surface area contributed by atoms with Crippen LogP contribution in [0.2, 0.25) is 10.0 Å². The third-order valence-electron chi connectivity index (χ3n) is 4.24. The van der Waals surface area contributed by atoms with Gasteiger partial charge in [0.25, 0.3) is 0 Å². The van der Waals surface area contributed by atoms with Gasteiger partial charge in [-0.3, -0.25) is 4.79 Å². The van der Waals surface area contributed by atoms with Crippen molar-refractivity contribution in [2.45, 2.75) is 31.7 Å². The van der Waals surface area contributed by atoms with E-state index in [2.05, 4.69) is 15.2 Å². The zero-order chi connectivity index (χ0) is 16.9. The van der Waals surface area contributed by atoms with E-state index in [1.165, 1.54) is 0 Å². The Morgan fingerprint density at radius 3 is 2.88 bits per heavy atom. The average molecular weight is 384 g/mol. The van der Waals surface area contributed by atoms with Crippen LogP contribution in [0.3, 0.4) is 0 Å². The molecule has 1 fully saturated rings. The summed E-state index contributed by atoms with van der Waals surface area (Å²) in [5, 5.41) is 7.28. The topological polar surface area (TPSA) is 45.2 Å². The van der Waals surface area contributed by atoms with E-state index in [0.717, 1.165) is 30.1 Å². The summed E-state index contributed by atoms with van der Waals surface area (Å²) >= 11 is 13.9. The maximum absolute atomic E-state index is 12.2. The molecular formula is C17H19Cl2N3OS. The minimum absolute atomic E-state index is 0.0250. The van der Waals surface area contributed by atoms with E-state index in [0.29, 0.717) is 35.5 Å². The Hall–Kier alpha value is -1.30. The summed E-state index contributed by atoms with van der Waals surface area (Å²) in [4.78, 5) is 18.8. The van der Waals surface area contributed by atoms with Gasteiger partial charge in [-0.05, 0) is 37.0 Å². The first kappa shape index (κ1) is 17.5. The Morgan fingerprint density at radius 2 is 2.17 bits per heavy atom. The fourth-order valence-electron chi connectivity index (χ4n) is 2.99. The molecule has 1 amide bonds. The van der Waals surface area contributed by atoms with Crippen molar-refractivity contribution < 1.29 is 4.79 Å². The van der Waals surface area contributed by atoms with Gasteiger partial charge in [0.2, 0.25) is 5.91 Å². The van der Waals surface area contributed by atoms with Crippen molar-refractivity contribution in [1.82, 2.24) is 10.3 Å². The van der Waals surface area contributed by atoms with E-state index in [4.69, 9.17) is 23.2 Å². The van der Waals surface area contributed by atoms with Crippen LogP contribution < -0.4 is 10.2 Å². The van der Waals surface area contributed by atoms with E-state index >= 15 is 0 Å². The number of carbonyl (C=O) groups is 1. The second kappa shape index (κ2) is 8.19. The number of thiazole rings is 1. The molecule has 7 heteroatoms. The number of carbonyl (C=O) groups excluding carboxylic acids is 1. The molecule has 1 aliphatic heterocycles. The van der Waals surface area contributed by atoms with E-state index in [-0.39, 0.29) is 5.91 Å². The minimum atomic E-state index is 0.0250. The molecule has 0 radical (unpaired) electrons. The van der Waals surface area contributed by atoms with Gasteiger partial charge in [0, 0.05) is 47.2 Å². The largest absolute Gasteiger partial charge is 0.354 e. The summed E-state index contributed by atoms with van der Waals surface area (Å²) in [6.07, 6.45) is 4.96. The van der Waals surface area contributed by atoms with Crippen molar-refractivity contribution >= 4 is 45.6 Å². The SMILES string of the molecule is O=C(CCc1c(Cl)cccc1Cl)NCC1CCCN1c1nccs1. The van der Waals surface area contributed by atoms with Crippen molar-refractivity contribution in [2.75, 3.05) is 18.0 Å². The second-order valence-electron chi connectivity index (χ2n) is 5.81. The summed E-state index contributed by atoms with van der Waals surface area (Å²) in [7, 11) is 0. The van der Waals surface area contributed by atoms with Gasteiger partial charge in [-0.25, -0.2) is 4.98 Å². The predicted molar refractivity (Wildman–Crippen MR) is 100 cm³/mol. The quantitative estimate of drug-likeness (QED) is 0.813. The monoisotopic (exact) mass is 383 g/mol. The minimum Gasteiger partial charge on any atom is -0.354 e. The molecule has 2 heterocycles. The molecule has 0 bridgehead atoms. The second-order valence-corrected chi connectivity index (χ2v) is 7.50. The molecule has 0 aliphatic carbocycles. The molecule has 1 saturated heterocycles. The van der Waals surface area contributed by atoms with Gasteiger partial charge in [0.05, 0.1) is 0 Å². The standard InChI is InChI=1S/C17H19Cl2N3OS/c18-14-4-1-5-15(19)13(14)6-7-16(23)21-11-12-3-2-9-22(12)17-20-8-10-24-17/h1,4-5,8,10,12H,2-3,6-7,9,11H2,(H,21,23). The van der Waals surface area contributed by atoms with E-state index in [9.17, 15) is 4.79 Å². The zero-order valence-corrected chi connectivity index (χ0v) is 15.5. The lowest BCUT2D eigenvalue weighted by molar-refractivity contribution is -0.121. The summed E-state index contributed by atoms with van der Waals surface area (Å²) in [5.74, 6) is 0.0250. The molecule has 1 unspecified atom stereocenters. The molecule has 0 saturated carbocycles. The number of aromatic nitrogens is 1. The first-order valence-corrected chi connectivity index (χ1v) is 9.64. The summed E-state index contributed by atoms with van der Waals surface area (Å²) < 4.78 is 0. The molecule has 4 nitrogen and oxygen atoms in total. The van der Waals surface area contributed by atoms with Gasteiger partial charge in [0.1, 0.15) is 0 Å². The molecule has 1 aliphatic rings. The fraction of sp³-hybridized carbons (Fsp3) is 0.412. The maximum Gasteiger partial charge on any atom is 0.220 e. The first-order valence-electron chi connectivity index (χ1n) is 8.01. The van der Waals surface area contributed by atoms with Crippen LogP contribution in [0.1, 0.15) is 24.8 Å².